The zero-order chi connectivity index (χ0) is 21.0. The molecule has 0 aliphatic rings. The summed E-state index contributed by atoms with van der Waals surface area (Å²) in [7, 11) is -3.45. The van der Waals surface area contributed by atoms with E-state index < -0.39 is 10.0 Å². The predicted molar refractivity (Wildman–Crippen MR) is 112 cm³/mol. The summed E-state index contributed by atoms with van der Waals surface area (Å²) >= 11 is 0. The van der Waals surface area contributed by atoms with E-state index in [1.54, 1.807) is 42.8 Å². The fourth-order valence-corrected chi connectivity index (χ4v) is 4.59. The molecule has 154 valence electrons. The summed E-state index contributed by atoms with van der Waals surface area (Å²) in [4.78, 5) is 12.6. The third kappa shape index (κ3) is 5.18. The van der Waals surface area contributed by atoms with Crippen LogP contribution in [0.15, 0.2) is 42.5 Å². The zero-order valence-corrected chi connectivity index (χ0v) is 17.5. The molecule has 3 aromatic rings. The summed E-state index contributed by atoms with van der Waals surface area (Å²) in [6, 6.07) is 12.3. The summed E-state index contributed by atoms with van der Waals surface area (Å²) in [6.45, 7) is 6.46. The van der Waals surface area contributed by atoms with Crippen molar-refractivity contribution in [1.29, 1.82) is 0 Å². The monoisotopic (exact) mass is 415 g/mol. The van der Waals surface area contributed by atoms with E-state index in [0.717, 1.165) is 11.1 Å². The molecular weight excluding hydrogens is 390 g/mol. The topological polar surface area (TPSA) is 106 Å². The summed E-state index contributed by atoms with van der Waals surface area (Å²) in [5, 5.41) is 11.0. The smallest absolute Gasteiger partial charge is 0.251 e. The Balaban J connectivity index is 1.72. The first-order valence-electron chi connectivity index (χ1n) is 9.47. The van der Waals surface area contributed by atoms with Crippen molar-refractivity contribution >= 4 is 27.0 Å². The maximum atomic E-state index is 12.6. The van der Waals surface area contributed by atoms with Crippen LogP contribution in [0.2, 0.25) is 0 Å². The van der Waals surface area contributed by atoms with Crippen molar-refractivity contribution in [3.05, 3.63) is 59.2 Å². The maximum absolute atomic E-state index is 12.6. The Bertz CT molecular complexity index is 1120. The van der Waals surface area contributed by atoms with Crippen molar-refractivity contribution < 1.29 is 13.2 Å². The van der Waals surface area contributed by atoms with E-state index in [0.29, 0.717) is 23.2 Å². The minimum Gasteiger partial charge on any atom is -0.348 e. The Morgan fingerprint density at radius 3 is 2.55 bits per heavy atom. The van der Waals surface area contributed by atoms with Crippen LogP contribution in [0.4, 0.5) is 0 Å². The van der Waals surface area contributed by atoms with Gasteiger partial charge in [0.2, 0.25) is 10.0 Å². The van der Waals surface area contributed by atoms with E-state index in [9.17, 15) is 13.2 Å². The third-order valence-electron chi connectivity index (χ3n) is 4.39. The Kier molecular flexibility index (Phi) is 6.29. The molecule has 0 atom stereocenters. The number of rotatable bonds is 8. The van der Waals surface area contributed by atoms with Crippen molar-refractivity contribution in [3.63, 3.8) is 0 Å². The van der Waals surface area contributed by atoms with Gasteiger partial charge in [-0.1, -0.05) is 29.5 Å². The van der Waals surface area contributed by atoms with E-state index in [1.165, 1.54) is 0 Å². The molecule has 2 N–H and O–H groups in total. The average molecular weight is 416 g/mol. The predicted octanol–water partition coefficient (Wildman–Crippen LogP) is 2.21. The van der Waals surface area contributed by atoms with E-state index >= 15 is 0 Å². The van der Waals surface area contributed by atoms with Gasteiger partial charge >= 0.3 is 0 Å². The van der Waals surface area contributed by atoms with Gasteiger partial charge in [-0.3, -0.25) is 4.79 Å². The van der Waals surface area contributed by atoms with Gasteiger partial charge in [0.05, 0.1) is 11.3 Å². The summed E-state index contributed by atoms with van der Waals surface area (Å²) in [5.41, 5.74) is 3.42. The van der Waals surface area contributed by atoms with Crippen molar-refractivity contribution in [2.75, 3.05) is 0 Å². The lowest BCUT2D eigenvalue weighted by molar-refractivity contribution is 0.0951. The Morgan fingerprint density at radius 1 is 1.14 bits per heavy atom. The number of nitrogens with one attached hydrogen (secondary N) is 2. The Labute approximate surface area is 170 Å². The van der Waals surface area contributed by atoms with Gasteiger partial charge in [0.15, 0.2) is 0 Å². The molecule has 1 aromatic heterocycles. The summed E-state index contributed by atoms with van der Waals surface area (Å²) in [6.07, 6.45) is 0. The number of sulfonamides is 1. The number of hydrogen-bond donors (Lipinski definition) is 2. The number of carbonyl (C=O) groups is 1. The lowest BCUT2D eigenvalue weighted by Gasteiger charge is -2.13. The van der Waals surface area contributed by atoms with Gasteiger partial charge in [0, 0.05) is 24.7 Å². The number of aryl methyl sites for hydroxylation is 1. The molecule has 1 heterocycles. The second kappa shape index (κ2) is 8.71. The molecule has 1 amide bonds. The number of amides is 1. The zero-order valence-electron chi connectivity index (χ0n) is 16.7. The van der Waals surface area contributed by atoms with Crippen molar-refractivity contribution in [3.8, 4) is 0 Å². The van der Waals surface area contributed by atoms with Gasteiger partial charge in [-0.2, -0.15) is 0 Å². The van der Waals surface area contributed by atoms with Crippen LogP contribution in [0.3, 0.4) is 0 Å². The minimum absolute atomic E-state index is 0.136. The van der Waals surface area contributed by atoms with Crippen LogP contribution in [-0.4, -0.2) is 35.4 Å². The highest BCUT2D eigenvalue weighted by Gasteiger charge is 2.16. The standard InChI is InChI=1S/C20H25N5O3S/c1-4-25-19-10-9-15(11-18(19)22-24-25)20(26)21-12-16-7-5-6-8-17(16)13-29(27,28)23-14(2)3/h5-11,14,23H,4,12-13H2,1-3H3,(H,21,26). The van der Waals surface area contributed by atoms with Gasteiger partial charge in [-0.15, -0.1) is 5.10 Å². The molecule has 0 saturated heterocycles. The molecule has 3 rings (SSSR count). The third-order valence-corrected chi connectivity index (χ3v) is 5.92. The lowest BCUT2D eigenvalue weighted by Crippen LogP contribution is -2.31. The molecule has 8 nitrogen and oxygen atoms in total. The van der Waals surface area contributed by atoms with Crippen molar-refractivity contribution in [2.45, 2.75) is 45.7 Å². The molecule has 0 fully saturated rings. The number of nitrogens with zero attached hydrogens (tertiary/aromatic N) is 3. The minimum atomic E-state index is -3.45. The number of fused-ring (bicyclic) bond motifs is 1. The van der Waals surface area contributed by atoms with E-state index in [-0.39, 0.29) is 24.2 Å². The molecular formula is C20H25N5O3S. The van der Waals surface area contributed by atoms with Crippen LogP contribution in [-0.2, 0) is 28.9 Å². The Hall–Kier alpha value is -2.78. The van der Waals surface area contributed by atoms with Crippen LogP contribution in [0.1, 0.15) is 42.3 Å². The molecule has 0 radical (unpaired) electrons. The highest BCUT2D eigenvalue weighted by Crippen LogP contribution is 2.15. The first-order chi connectivity index (χ1) is 13.8. The van der Waals surface area contributed by atoms with Crippen LogP contribution in [0.5, 0.6) is 0 Å². The summed E-state index contributed by atoms with van der Waals surface area (Å²) < 4.78 is 28.9. The number of hydrogen-bond acceptors (Lipinski definition) is 5. The largest absolute Gasteiger partial charge is 0.348 e. The molecule has 0 bridgehead atoms. The van der Waals surface area contributed by atoms with Crippen LogP contribution in [0.25, 0.3) is 11.0 Å². The van der Waals surface area contributed by atoms with Crippen molar-refractivity contribution in [2.24, 2.45) is 0 Å². The maximum Gasteiger partial charge on any atom is 0.251 e. The normalized spacial score (nSPS) is 11.9. The van der Waals surface area contributed by atoms with E-state index in [2.05, 4.69) is 20.4 Å². The SMILES string of the molecule is CCn1nnc2cc(C(=O)NCc3ccccc3CS(=O)(=O)NC(C)C)ccc21. The first-order valence-corrected chi connectivity index (χ1v) is 11.1. The van der Waals surface area contributed by atoms with Gasteiger partial charge in [0.25, 0.3) is 5.91 Å². The lowest BCUT2D eigenvalue weighted by atomic mass is 10.1. The molecule has 9 heteroatoms. The highest BCUT2D eigenvalue weighted by atomic mass is 32.2. The molecule has 0 unspecified atom stereocenters. The van der Waals surface area contributed by atoms with Gasteiger partial charge < -0.3 is 5.32 Å². The van der Waals surface area contributed by atoms with Gasteiger partial charge in [-0.25, -0.2) is 17.8 Å². The molecule has 29 heavy (non-hydrogen) atoms. The van der Waals surface area contributed by atoms with Gasteiger partial charge in [0.1, 0.15) is 5.52 Å². The van der Waals surface area contributed by atoms with Crippen LogP contribution >= 0.6 is 0 Å². The Morgan fingerprint density at radius 2 is 1.86 bits per heavy atom. The molecule has 2 aromatic carbocycles. The molecule has 0 aliphatic heterocycles. The number of benzene rings is 2. The van der Waals surface area contributed by atoms with Gasteiger partial charge in [-0.05, 0) is 50.1 Å². The fourth-order valence-electron chi connectivity index (χ4n) is 3.10. The molecule has 0 aliphatic carbocycles. The first kappa shape index (κ1) is 20.9. The van der Waals surface area contributed by atoms with Crippen LogP contribution in [0, 0.1) is 0 Å². The molecule has 0 spiro atoms. The van der Waals surface area contributed by atoms with Crippen LogP contribution < -0.4 is 10.0 Å². The molecule has 0 saturated carbocycles. The fraction of sp³-hybridized carbons (Fsp3) is 0.350. The van der Waals surface area contributed by atoms with E-state index in [4.69, 9.17) is 0 Å². The second-order valence-corrected chi connectivity index (χ2v) is 8.85. The van der Waals surface area contributed by atoms with Crippen molar-refractivity contribution in [1.82, 2.24) is 25.0 Å². The number of carbonyl (C=O) groups excluding carboxylic acids is 1. The van der Waals surface area contributed by atoms with E-state index in [1.807, 2.05) is 25.1 Å². The highest BCUT2D eigenvalue weighted by molar-refractivity contribution is 7.88. The number of aromatic nitrogens is 3. The quantitative estimate of drug-likeness (QED) is 0.587. The average Bonchev–Trinajstić information content (AvgIpc) is 3.08. The summed E-state index contributed by atoms with van der Waals surface area (Å²) in [5.74, 6) is -0.389. The second-order valence-electron chi connectivity index (χ2n) is 7.09.